The Hall–Kier alpha value is -3.26. The molecule has 7 nitrogen and oxygen atoms in total. The summed E-state index contributed by atoms with van der Waals surface area (Å²) in [5, 5.41) is 7.49. The molecule has 1 aromatic carbocycles. The monoisotopic (exact) mass is 434 g/mol. The molecule has 1 aliphatic carbocycles. The molecule has 3 N–H and O–H groups in total. The maximum Gasteiger partial charge on any atom is 0.302 e. The van der Waals surface area contributed by atoms with E-state index in [-0.39, 0.29) is 17.8 Å². The lowest BCUT2D eigenvalue weighted by Gasteiger charge is -2.24. The van der Waals surface area contributed by atoms with Gasteiger partial charge in [0, 0.05) is 11.1 Å². The molecule has 1 aliphatic rings. The molecule has 0 aliphatic heterocycles. The molecule has 0 spiro atoms. The number of nitrogens with two attached hydrogens (primary N) is 1. The second kappa shape index (κ2) is 7.77. The van der Waals surface area contributed by atoms with Crippen molar-refractivity contribution in [1.29, 1.82) is 0 Å². The predicted octanol–water partition coefficient (Wildman–Crippen LogP) is 4.26. The molecule has 3 heterocycles. The summed E-state index contributed by atoms with van der Waals surface area (Å²) in [6.07, 6.45) is 4.60. The van der Waals surface area contributed by atoms with Gasteiger partial charge in [0.1, 0.15) is 9.71 Å². The second-order valence-corrected chi connectivity index (χ2v) is 9.24. The molecule has 3 aromatic heterocycles. The number of aromatic nitrogens is 3. The van der Waals surface area contributed by atoms with E-state index in [0.717, 1.165) is 35.2 Å². The van der Waals surface area contributed by atoms with E-state index < -0.39 is 0 Å². The summed E-state index contributed by atoms with van der Waals surface area (Å²) < 4.78 is 6.84. The van der Waals surface area contributed by atoms with Gasteiger partial charge in [-0.2, -0.15) is 0 Å². The smallest absolute Gasteiger partial charge is 0.302 e. The third-order valence-corrected chi connectivity index (χ3v) is 6.93. The van der Waals surface area contributed by atoms with Gasteiger partial charge in [-0.25, -0.2) is 4.98 Å². The van der Waals surface area contributed by atoms with Gasteiger partial charge in [0.05, 0.1) is 5.69 Å². The molecule has 31 heavy (non-hydrogen) atoms. The van der Waals surface area contributed by atoms with E-state index in [0.29, 0.717) is 16.5 Å². The number of hydrogen-bond donors (Lipinski definition) is 2. The van der Waals surface area contributed by atoms with E-state index >= 15 is 0 Å². The van der Waals surface area contributed by atoms with E-state index in [1.54, 1.807) is 10.9 Å². The van der Waals surface area contributed by atoms with Crippen LogP contribution in [0.1, 0.15) is 58.7 Å². The van der Waals surface area contributed by atoms with E-state index in [4.69, 9.17) is 15.2 Å². The number of pyridine rings is 1. The summed E-state index contributed by atoms with van der Waals surface area (Å²) >= 11 is 1.32. The first-order valence-electron chi connectivity index (χ1n) is 10.4. The summed E-state index contributed by atoms with van der Waals surface area (Å²) in [5.74, 6) is 0.455. The Balaban J connectivity index is 1.43. The van der Waals surface area contributed by atoms with Gasteiger partial charge in [0.2, 0.25) is 5.27 Å². The molecule has 0 bridgehead atoms. The summed E-state index contributed by atoms with van der Waals surface area (Å²) in [5.41, 5.74) is 10.5. The number of thiophene rings is 1. The Morgan fingerprint density at radius 2 is 2.13 bits per heavy atom. The van der Waals surface area contributed by atoms with Crippen LogP contribution in [0.5, 0.6) is 0 Å². The minimum atomic E-state index is -0.312. The molecule has 0 fully saturated rings. The molecule has 0 saturated heterocycles. The minimum Gasteiger partial charge on any atom is -0.397 e. The fourth-order valence-corrected chi connectivity index (χ4v) is 5.09. The van der Waals surface area contributed by atoms with E-state index in [1.165, 1.54) is 22.5 Å². The van der Waals surface area contributed by atoms with Gasteiger partial charge >= 0.3 is 5.88 Å². The molecule has 0 saturated carbocycles. The van der Waals surface area contributed by atoms with Crippen molar-refractivity contribution in [3.05, 3.63) is 64.3 Å². The van der Waals surface area contributed by atoms with Gasteiger partial charge < -0.3 is 5.73 Å². The summed E-state index contributed by atoms with van der Waals surface area (Å²) in [7, 11) is 0. The normalized spacial score (nSPS) is 15.9. The van der Waals surface area contributed by atoms with Crippen LogP contribution in [0.25, 0.3) is 10.2 Å². The molecule has 4 aromatic rings. The fraction of sp³-hybridized carbons (Fsp3) is 0.304. The Kier molecular flexibility index (Phi) is 4.94. The number of hydrogen-bond acceptors (Lipinski definition) is 6. The third-order valence-electron chi connectivity index (χ3n) is 5.81. The van der Waals surface area contributed by atoms with E-state index in [1.807, 2.05) is 19.9 Å². The SMILES string of the molecule is CC(C)[n+]1cc(NC(=O)c2sc3nc4c(cc3c2N)CC(c2ccccc2)CC4)on1. The first-order chi connectivity index (χ1) is 15.0. The topological polar surface area (TPSA) is 97.9 Å². The zero-order valence-corrected chi connectivity index (χ0v) is 18.3. The number of rotatable bonds is 4. The highest BCUT2D eigenvalue weighted by Crippen LogP contribution is 2.38. The van der Waals surface area contributed by atoms with Crippen molar-refractivity contribution < 1.29 is 14.0 Å². The Morgan fingerprint density at radius 1 is 1.32 bits per heavy atom. The fourth-order valence-electron chi connectivity index (χ4n) is 4.09. The summed E-state index contributed by atoms with van der Waals surface area (Å²) in [6, 6.07) is 12.9. The predicted molar refractivity (Wildman–Crippen MR) is 120 cm³/mol. The number of aryl methyl sites for hydroxylation is 1. The van der Waals surface area contributed by atoms with Crippen molar-refractivity contribution >= 4 is 39.0 Å². The molecule has 1 atom stereocenters. The minimum absolute atomic E-state index is 0.138. The number of benzene rings is 1. The van der Waals surface area contributed by atoms with Gasteiger partial charge in [-0.1, -0.05) is 30.3 Å². The maximum atomic E-state index is 12.8. The molecule has 5 rings (SSSR count). The first kappa shape index (κ1) is 19.7. The van der Waals surface area contributed by atoms with Gasteiger partial charge in [-0.3, -0.25) is 14.6 Å². The van der Waals surface area contributed by atoms with Crippen LogP contribution in [0, 0.1) is 0 Å². The molecular weight excluding hydrogens is 410 g/mol. The average Bonchev–Trinajstić information content (AvgIpc) is 3.37. The number of anilines is 2. The summed E-state index contributed by atoms with van der Waals surface area (Å²) in [4.78, 5) is 18.9. The lowest BCUT2D eigenvalue weighted by atomic mass is 9.82. The van der Waals surface area contributed by atoms with E-state index in [2.05, 4.69) is 40.9 Å². The van der Waals surface area contributed by atoms with Crippen LogP contribution in [0.4, 0.5) is 11.6 Å². The Morgan fingerprint density at radius 3 is 2.87 bits per heavy atom. The number of fused-ring (bicyclic) bond motifs is 2. The number of nitrogen functional groups attached to an aromatic ring is 1. The van der Waals surface area contributed by atoms with Gasteiger partial charge in [-0.05, 0) is 60.9 Å². The quantitative estimate of drug-likeness (QED) is 0.468. The van der Waals surface area contributed by atoms with Crippen LogP contribution >= 0.6 is 11.3 Å². The van der Waals surface area contributed by atoms with Crippen molar-refractivity contribution in [3.63, 3.8) is 0 Å². The second-order valence-electron chi connectivity index (χ2n) is 8.24. The van der Waals surface area contributed by atoms with Crippen molar-refractivity contribution in [3.8, 4) is 0 Å². The van der Waals surface area contributed by atoms with Gasteiger partial charge in [0.15, 0.2) is 6.04 Å². The first-order valence-corrected chi connectivity index (χ1v) is 11.3. The van der Waals surface area contributed by atoms with Crippen LogP contribution in [0.15, 0.2) is 47.1 Å². The molecular formula is C23H24N5O2S+. The van der Waals surface area contributed by atoms with Crippen molar-refractivity contribution in [2.24, 2.45) is 0 Å². The number of nitrogens with zero attached hydrogens (tertiary/aromatic N) is 3. The zero-order chi connectivity index (χ0) is 21.5. The van der Waals surface area contributed by atoms with Gasteiger partial charge in [0.25, 0.3) is 12.1 Å². The van der Waals surface area contributed by atoms with Crippen LogP contribution < -0.4 is 15.7 Å². The lowest BCUT2D eigenvalue weighted by molar-refractivity contribution is -0.779. The van der Waals surface area contributed by atoms with E-state index in [9.17, 15) is 4.79 Å². The molecule has 8 heteroatoms. The maximum absolute atomic E-state index is 12.8. The number of amides is 1. The highest BCUT2D eigenvalue weighted by atomic mass is 32.1. The highest BCUT2D eigenvalue weighted by Gasteiger charge is 2.25. The third kappa shape index (κ3) is 3.67. The van der Waals surface area contributed by atoms with Gasteiger partial charge in [-0.15, -0.1) is 11.3 Å². The molecule has 158 valence electrons. The Bertz CT molecular complexity index is 1260. The molecule has 1 unspecified atom stereocenters. The zero-order valence-electron chi connectivity index (χ0n) is 17.5. The van der Waals surface area contributed by atoms with Crippen LogP contribution in [0.3, 0.4) is 0 Å². The average molecular weight is 435 g/mol. The van der Waals surface area contributed by atoms with Crippen molar-refractivity contribution in [1.82, 2.24) is 10.3 Å². The standard InChI is InChI=1S/C23H23N5O2S/c1-13(2)28-12-19(30-27-28)26-22(29)21-20(24)17-11-16-10-15(14-6-4-3-5-7-14)8-9-18(16)25-23(17)31-21/h3-7,11-13,15H,8-10H2,1-2H3,(H2-,24,26,27,29)/p+1. The van der Waals surface area contributed by atoms with Crippen molar-refractivity contribution in [2.45, 2.75) is 45.1 Å². The van der Waals surface area contributed by atoms with Crippen LogP contribution in [0.2, 0.25) is 0 Å². The largest absolute Gasteiger partial charge is 0.397 e. The Labute approximate surface area is 183 Å². The lowest BCUT2D eigenvalue weighted by Crippen LogP contribution is -2.36. The van der Waals surface area contributed by atoms with Crippen molar-refractivity contribution in [2.75, 3.05) is 11.1 Å². The number of nitrogens with one attached hydrogen (secondary N) is 1. The van der Waals surface area contributed by atoms with Crippen LogP contribution in [-0.2, 0) is 12.8 Å². The molecule has 0 radical (unpaired) electrons. The number of carbonyl (C=O) groups is 1. The summed E-state index contributed by atoms with van der Waals surface area (Å²) in [6.45, 7) is 3.96. The highest BCUT2D eigenvalue weighted by molar-refractivity contribution is 7.21. The van der Waals surface area contributed by atoms with Crippen LogP contribution in [-0.4, -0.2) is 16.2 Å². The molecule has 1 amide bonds. The number of carbonyl (C=O) groups excluding carboxylic acids is 1.